The van der Waals surface area contributed by atoms with Gasteiger partial charge in [0.1, 0.15) is 0 Å². The smallest absolute Gasteiger partial charge is 0.321 e. The van der Waals surface area contributed by atoms with Gasteiger partial charge in [-0.2, -0.15) is 0 Å². The molecule has 0 saturated carbocycles. The Bertz CT molecular complexity index is 431. The molecule has 6 heteroatoms. The summed E-state index contributed by atoms with van der Waals surface area (Å²) in [5, 5.41) is 6.95. The summed E-state index contributed by atoms with van der Waals surface area (Å²) in [5.41, 5.74) is 1.23. The number of imide groups is 1. The minimum Gasteiger partial charge on any atom is -0.338 e. The van der Waals surface area contributed by atoms with Crippen LogP contribution in [0.15, 0.2) is 11.4 Å². The van der Waals surface area contributed by atoms with E-state index in [1.54, 1.807) is 11.3 Å². The van der Waals surface area contributed by atoms with E-state index in [1.807, 2.05) is 24.3 Å². The Hall–Kier alpha value is -1.40. The summed E-state index contributed by atoms with van der Waals surface area (Å²) >= 11 is 1.68. The Kier molecular flexibility index (Phi) is 6.52. The first-order valence-corrected chi connectivity index (χ1v) is 7.20. The Morgan fingerprint density at radius 1 is 1.42 bits per heavy atom. The summed E-state index contributed by atoms with van der Waals surface area (Å²) < 4.78 is 0. The summed E-state index contributed by atoms with van der Waals surface area (Å²) in [7, 11) is 1.86. The SMILES string of the molecule is CCCNC(=O)NC(=O)CN(C)Cc1sccc1C. The monoisotopic (exact) mass is 283 g/mol. The van der Waals surface area contributed by atoms with Crippen LogP contribution in [-0.4, -0.2) is 37.0 Å². The molecule has 0 spiro atoms. The highest BCUT2D eigenvalue weighted by molar-refractivity contribution is 7.10. The number of carbonyl (C=O) groups is 2. The van der Waals surface area contributed by atoms with Gasteiger partial charge >= 0.3 is 6.03 Å². The predicted molar refractivity (Wildman–Crippen MR) is 77.2 cm³/mol. The fourth-order valence-corrected chi connectivity index (χ4v) is 2.55. The number of aryl methyl sites for hydroxylation is 1. The first kappa shape index (κ1) is 15.7. The lowest BCUT2D eigenvalue weighted by atomic mass is 10.3. The molecule has 0 unspecified atom stereocenters. The molecule has 2 N–H and O–H groups in total. The molecule has 3 amide bonds. The lowest BCUT2D eigenvalue weighted by molar-refractivity contribution is -0.120. The number of likely N-dealkylation sites (N-methyl/N-ethyl adjacent to an activating group) is 1. The topological polar surface area (TPSA) is 61.4 Å². The van der Waals surface area contributed by atoms with Gasteiger partial charge in [-0.25, -0.2) is 4.79 Å². The number of urea groups is 1. The Morgan fingerprint density at radius 3 is 2.74 bits per heavy atom. The van der Waals surface area contributed by atoms with Gasteiger partial charge in [-0.3, -0.25) is 15.0 Å². The predicted octanol–water partition coefficient (Wildman–Crippen LogP) is 1.72. The van der Waals surface area contributed by atoms with Gasteiger partial charge in [-0.1, -0.05) is 6.92 Å². The molecule has 106 valence electrons. The fraction of sp³-hybridized carbons (Fsp3) is 0.538. The van der Waals surface area contributed by atoms with Crippen molar-refractivity contribution in [2.24, 2.45) is 0 Å². The average Bonchev–Trinajstić information content (AvgIpc) is 2.72. The van der Waals surface area contributed by atoms with Crippen LogP contribution >= 0.6 is 11.3 Å². The van der Waals surface area contributed by atoms with Gasteiger partial charge in [-0.05, 0) is 37.4 Å². The van der Waals surface area contributed by atoms with Crippen LogP contribution in [-0.2, 0) is 11.3 Å². The van der Waals surface area contributed by atoms with Crippen LogP contribution in [0, 0.1) is 6.92 Å². The fourth-order valence-electron chi connectivity index (χ4n) is 1.56. The van der Waals surface area contributed by atoms with E-state index >= 15 is 0 Å². The Labute approximate surface area is 118 Å². The Morgan fingerprint density at radius 2 is 2.16 bits per heavy atom. The van der Waals surface area contributed by atoms with Gasteiger partial charge in [0.05, 0.1) is 6.54 Å². The average molecular weight is 283 g/mol. The highest BCUT2D eigenvalue weighted by Crippen LogP contribution is 2.16. The standard InChI is InChI=1S/C13H21N3O2S/c1-4-6-14-13(18)15-12(17)9-16(3)8-11-10(2)5-7-19-11/h5,7H,4,6,8-9H2,1-3H3,(H2,14,15,17,18). The number of amides is 3. The molecule has 1 heterocycles. The molecular formula is C13H21N3O2S. The van der Waals surface area contributed by atoms with Crippen molar-refractivity contribution in [3.05, 3.63) is 21.9 Å². The van der Waals surface area contributed by atoms with Gasteiger partial charge in [0.15, 0.2) is 0 Å². The molecule has 0 saturated heterocycles. The first-order chi connectivity index (χ1) is 9.02. The van der Waals surface area contributed by atoms with Gasteiger partial charge < -0.3 is 5.32 Å². The van der Waals surface area contributed by atoms with E-state index in [1.165, 1.54) is 10.4 Å². The molecular weight excluding hydrogens is 262 g/mol. The highest BCUT2D eigenvalue weighted by Gasteiger charge is 2.11. The van der Waals surface area contributed by atoms with Crippen LogP contribution in [0.3, 0.4) is 0 Å². The van der Waals surface area contributed by atoms with Crippen molar-refractivity contribution in [1.29, 1.82) is 0 Å². The lowest BCUT2D eigenvalue weighted by Crippen LogP contribution is -2.43. The summed E-state index contributed by atoms with van der Waals surface area (Å²) in [4.78, 5) is 26.1. The van der Waals surface area contributed by atoms with Gasteiger partial charge in [0.2, 0.25) is 5.91 Å². The second-order valence-corrected chi connectivity index (χ2v) is 5.50. The maximum atomic E-state index is 11.6. The third-order valence-corrected chi connectivity index (χ3v) is 3.59. The van der Waals surface area contributed by atoms with E-state index in [-0.39, 0.29) is 12.5 Å². The largest absolute Gasteiger partial charge is 0.338 e. The van der Waals surface area contributed by atoms with Crippen molar-refractivity contribution in [3.63, 3.8) is 0 Å². The quantitative estimate of drug-likeness (QED) is 0.835. The van der Waals surface area contributed by atoms with Crippen LogP contribution in [0.25, 0.3) is 0 Å². The van der Waals surface area contributed by atoms with Crippen molar-refractivity contribution < 1.29 is 9.59 Å². The lowest BCUT2D eigenvalue weighted by Gasteiger charge is -2.15. The number of thiophene rings is 1. The minimum absolute atomic E-state index is 0.205. The van der Waals surface area contributed by atoms with E-state index < -0.39 is 6.03 Å². The Balaban J connectivity index is 2.32. The third kappa shape index (κ3) is 5.85. The molecule has 0 aromatic carbocycles. The second-order valence-electron chi connectivity index (χ2n) is 4.50. The molecule has 0 bridgehead atoms. The van der Waals surface area contributed by atoms with E-state index in [2.05, 4.69) is 23.6 Å². The highest BCUT2D eigenvalue weighted by atomic mass is 32.1. The molecule has 1 aromatic rings. The zero-order chi connectivity index (χ0) is 14.3. The van der Waals surface area contributed by atoms with Gasteiger partial charge in [0, 0.05) is 18.0 Å². The zero-order valence-electron chi connectivity index (χ0n) is 11.7. The van der Waals surface area contributed by atoms with Crippen molar-refractivity contribution in [2.75, 3.05) is 20.1 Å². The van der Waals surface area contributed by atoms with E-state index in [9.17, 15) is 9.59 Å². The molecule has 0 aliphatic carbocycles. The maximum absolute atomic E-state index is 11.6. The third-order valence-electron chi connectivity index (χ3n) is 2.58. The molecule has 1 aromatic heterocycles. The summed E-state index contributed by atoms with van der Waals surface area (Å²) in [6.45, 7) is 5.50. The number of nitrogens with zero attached hydrogens (tertiary/aromatic N) is 1. The van der Waals surface area contributed by atoms with E-state index in [0.29, 0.717) is 13.1 Å². The number of hydrogen-bond donors (Lipinski definition) is 2. The zero-order valence-corrected chi connectivity index (χ0v) is 12.5. The molecule has 0 aliphatic heterocycles. The first-order valence-electron chi connectivity index (χ1n) is 6.32. The molecule has 5 nitrogen and oxygen atoms in total. The van der Waals surface area contributed by atoms with Crippen molar-refractivity contribution in [2.45, 2.75) is 26.8 Å². The normalized spacial score (nSPS) is 10.5. The maximum Gasteiger partial charge on any atom is 0.321 e. The van der Waals surface area contributed by atoms with Crippen LogP contribution in [0.4, 0.5) is 4.79 Å². The number of hydrogen-bond acceptors (Lipinski definition) is 4. The van der Waals surface area contributed by atoms with Crippen LogP contribution in [0.1, 0.15) is 23.8 Å². The molecule has 0 radical (unpaired) electrons. The molecule has 19 heavy (non-hydrogen) atoms. The summed E-state index contributed by atoms with van der Waals surface area (Å²) in [5.74, 6) is -0.287. The van der Waals surface area contributed by atoms with Crippen molar-refractivity contribution in [3.8, 4) is 0 Å². The summed E-state index contributed by atoms with van der Waals surface area (Å²) in [6, 6.07) is 1.64. The van der Waals surface area contributed by atoms with E-state index in [0.717, 1.165) is 6.42 Å². The summed E-state index contributed by atoms with van der Waals surface area (Å²) in [6.07, 6.45) is 0.846. The van der Waals surface area contributed by atoms with E-state index in [4.69, 9.17) is 0 Å². The van der Waals surface area contributed by atoms with Crippen LogP contribution < -0.4 is 10.6 Å². The number of rotatable bonds is 6. The second kappa shape index (κ2) is 7.91. The van der Waals surface area contributed by atoms with Gasteiger partial charge in [-0.15, -0.1) is 11.3 Å². The number of nitrogens with one attached hydrogen (secondary N) is 2. The molecule has 0 aliphatic rings. The molecule has 0 fully saturated rings. The van der Waals surface area contributed by atoms with Crippen LogP contribution in [0.5, 0.6) is 0 Å². The van der Waals surface area contributed by atoms with Gasteiger partial charge in [0.25, 0.3) is 0 Å². The van der Waals surface area contributed by atoms with Crippen molar-refractivity contribution in [1.82, 2.24) is 15.5 Å². The van der Waals surface area contributed by atoms with Crippen LogP contribution in [0.2, 0.25) is 0 Å². The number of carbonyl (C=O) groups excluding carboxylic acids is 2. The molecule has 0 atom stereocenters. The molecule has 1 rings (SSSR count). The minimum atomic E-state index is -0.424. The van der Waals surface area contributed by atoms with Crippen molar-refractivity contribution >= 4 is 23.3 Å².